The lowest BCUT2D eigenvalue weighted by molar-refractivity contribution is -0.124. The Kier molecular flexibility index (Phi) is 4.48. The molecule has 2 heterocycles. The molecule has 0 bridgehead atoms. The lowest BCUT2D eigenvalue weighted by atomic mass is 10.2. The van der Waals surface area contributed by atoms with Crippen LogP contribution in [0.5, 0.6) is 0 Å². The molecule has 0 spiro atoms. The molecule has 22 heavy (non-hydrogen) atoms. The number of aromatic nitrogens is 3. The minimum absolute atomic E-state index is 0.00272. The number of benzene rings is 1. The average Bonchev–Trinajstić information content (AvgIpc) is 3.19. The van der Waals surface area contributed by atoms with Crippen LogP contribution in [0, 0.1) is 0 Å². The molecule has 0 aliphatic carbocycles. The Labute approximate surface area is 130 Å². The van der Waals surface area contributed by atoms with Crippen LogP contribution in [-0.4, -0.2) is 44.7 Å². The van der Waals surface area contributed by atoms with Crippen molar-refractivity contribution in [2.45, 2.75) is 32.0 Å². The van der Waals surface area contributed by atoms with Gasteiger partial charge in [0.05, 0.1) is 0 Å². The molecule has 116 valence electrons. The van der Waals surface area contributed by atoms with E-state index < -0.39 is 0 Å². The van der Waals surface area contributed by atoms with Gasteiger partial charge in [0.2, 0.25) is 5.91 Å². The molecule has 1 N–H and O–H groups in total. The molecule has 1 aliphatic rings. The number of rotatable bonds is 5. The SMILES string of the molecule is C[C@@H](C(=O)N[C@@H]1CCN(Cc2ccccc2)C1)n1cncn1. The maximum Gasteiger partial charge on any atom is 0.244 e. The smallest absolute Gasteiger partial charge is 0.244 e. The van der Waals surface area contributed by atoms with E-state index in [1.54, 1.807) is 11.0 Å². The topological polar surface area (TPSA) is 63.1 Å². The number of carbonyl (C=O) groups is 1. The lowest BCUT2D eigenvalue weighted by Crippen LogP contribution is -2.40. The van der Waals surface area contributed by atoms with E-state index >= 15 is 0 Å². The van der Waals surface area contributed by atoms with Crippen LogP contribution >= 0.6 is 0 Å². The largest absolute Gasteiger partial charge is 0.350 e. The van der Waals surface area contributed by atoms with Gasteiger partial charge in [0.25, 0.3) is 0 Å². The molecular formula is C16H21N5O. The zero-order chi connectivity index (χ0) is 15.4. The van der Waals surface area contributed by atoms with E-state index in [-0.39, 0.29) is 18.0 Å². The van der Waals surface area contributed by atoms with Crippen molar-refractivity contribution in [2.24, 2.45) is 0 Å². The molecular weight excluding hydrogens is 278 g/mol. The highest BCUT2D eigenvalue weighted by Gasteiger charge is 2.26. The Morgan fingerprint density at radius 3 is 2.95 bits per heavy atom. The van der Waals surface area contributed by atoms with Crippen LogP contribution < -0.4 is 5.32 Å². The second-order valence-corrected chi connectivity index (χ2v) is 5.77. The van der Waals surface area contributed by atoms with Gasteiger partial charge in [-0.2, -0.15) is 5.10 Å². The van der Waals surface area contributed by atoms with E-state index in [4.69, 9.17) is 0 Å². The van der Waals surface area contributed by atoms with Gasteiger partial charge < -0.3 is 5.32 Å². The molecule has 1 aromatic heterocycles. The van der Waals surface area contributed by atoms with Crippen molar-refractivity contribution in [2.75, 3.05) is 13.1 Å². The highest BCUT2D eigenvalue weighted by atomic mass is 16.2. The zero-order valence-electron chi connectivity index (χ0n) is 12.7. The molecule has 6 heteroatoms. The van der Waals surface area contributed by atoms with Gasteiger partial charge >= 0.3 is 0 Å². The highest BCUT2D eigenvalue weighted by Crippen LogP contribution is 2.14. The number of carbonyl (C=O) groups excluding carboxylic acids is 1. The van der Waals surface area contributed by atoms with E-state index in [1.807, 2.05) is 13.0 Å². The summed E-state index contributed by atoms with van der Waals surface area (Å²) in [7, 11) is 0. The second-order valence-electron chi connectivity index (χ2n) is 5.77. The number of hydrogen-bond acceptors (Lipinski definition) is 4. The van der Waals surface area contributed by atoms with E-state index in [9.17, 15) is 4.79 Å². The lowest BCUT2D eigenvalue weighted by Gasteiger charge is -2.18. The van der Waals surface area contributed by atoms with Crippen LogP contribution in [0.2, 0.25) is 0 Å². The molecule has 1 aromatic carbocycles. The molecule has 3 rings (SSSR count). The summed E-state index contributed by atoms with van der Waals surface area (Å²) in [5.74, 6) is -0.00272. The summed E-state index contributed by atoms with van der Waals surface area (Å²) in [5, 5.41) is 7.13. The van der Waals surface area contributed by atoms with Crippen LogP contribution in [0.15, 0.2) is 43.0 Å². The van der Waals surface area contributed by atoms with Crippen molar-refractivity contribution in [1.82, 2.24) is 25.0 Å². The Bertz CT molecular complexity index is 598. The summed E-state index contributed by atoms with van der Waals surface area (Å²) in [6.07, 6.45) is 4.00. The van der Waals surface area contributed by atoms with Gasteiger partial charge in [-0.05, 0) is 18.9 Å². The summed E-state index contributed by atoms with van der Waals surface area (Å²) in [5.41, 5.74) is 1.31. The fraction of sp³-hybridized carbons (Fsp3) is 0.438. The van der Waals surface area contributed by atoms with Gasteiger partial charge in [-0.1, -0.05) is 30.3 Å². The molecule has 0 unspecified atom stereocenters. The Morgan fingerprint density at radius 1 is 1.41 bits per heavy atom. The van der Waals surface area contributed by atoms with Crippen molar-refractivity contribution in [3.8, 4) is 0 Å². The van der Waals surface area contributed by atoms with Crippen molar-refractivity contribution < 1.29 is 4.79 Å². The molecule has 6 nitrogen and oxygen atoms in total. The second kappa shape index (κ2) is 6.70. The standard InChI is InChI=1S/C16H21N5O/c1-13(21-12-17-11-18-21)16(22)19-15-7-8-20(10-15)9-14-5-3-2-4-6-14/h2-6,11-13,15H,7-10H2,1H3,(H,19,22)/t13-,15+/m0/s1. The zero-order valence-corrected chi connectivity index (χ0v) is 12.7. The Balaban J connectivity index is 1.49. The third kappa shape index (κ3) is 3.51. The summed E-state index contributed by atoms with van der Waals surface area (Å²) in [4.78, 5) is 18.5. The van der Waals surface area contributed by atoms with Crippen molar-refractivity contribution in [3.05, 3.63) is 48.5 Å². The number of likely N-dealkylation sites (tertiary alicyclic amines) is 1. The number of nitrogens with zero attached hydrogens (tertiary/aromatic N) is 4. The molecule has 1 fully saturated rings. The van der Waals surface area contributed by atoms with Crippen LogP contribution in [0.25, 0.3) is 0 Å². The monoisotopic (exact) mass is 299 g/mol. The first-order chi connectivity index (χ1) is 10.7. The molecule has 2 atom stereocenters. The Morgan fingerprint density at radius 2 is 2.23 bits per heavy atom. The Hall–Kier alpha value is -2.21. The normalized spacial score (nSPS) is 20.0. The molecule has 0 saturated carbocycles. The molecule has 2 aromatic rings. The highest BCUT2D eigenvalue weighted by molar-refractivity contribution is 5.80. The van der Waals surface area contributed by atoms with E-state index in [0.29, 0.717) is 0 Å². The van der Waals surface area contributed by atoms with E-state index in [0.717, 1.165) is 26.1 Å². The fourth-order valence-corrected chi connectivity index (χ4v) is 2.79. The summed E-state index contributed by atoms with van der Waals surface area (Å²) >= 11 is 0. The van der Waals surface area contributed by atoms with Crippen molar-refractivity contribution in [1.29, 1.82) is 0 Å². The molecule has 0 radical (unpaired) electrons. The van der Waals surface area contributed by atoms with Gasteiger partial charge in [-0.25, -0.2) is 9.67 Å². The third-order valence-corrected chi connectivity index (χ3v) is 4.08. The number of nitrogens with one attached hydrogen (secondary N) is 1. The maximum absolute atomic E-state index is 12.2. The van der Waals surface area contributed by atoms with Gasteiger partial charge in [-0.15, -0.1) is 0 Å². The maximum atomic E-state index is 12.2. The molecule has 1 saturated heterocycles. The average molecular weight is 299 g/mol. The van der Waals surface area contributed by atoms with Gasteiger partial charge in [0.15, 0.2) is 0 Å². The minimum atomic E-state index is -0.328. The van der Waals surface area contributed by atoms with Gasteiger partial charge in [-0.3, -0.25) is 9.69 Å². The summed E-state index contributed by atoms with van der Waals surface area (Å²) in [6.45, 7) is 4.68. The first-order valence-electron chi connectivity index (χ1n) is 7.63. The summed E-state index contributed by atoms with van der Waals surface area (Å²) in [6, 6.07) is 10.3. The molecule has 1 amide bonds. The van der Waals surface area contributed by atoms with Crippen LogP contribution in [-0.2, 0) is 11.3 Å². The summed E-state index contributed by atoms with van der Waals surface area (Å²) < 4.78 is 1.58. The van der Waals surface area contributed by atoms with E-state index in [2.05, 4.69) is 44.6 Å². The van der Waals surface area contributed by atoms with Crippen molar-refractivity contribution >= 4 is 5.91 Å². The van der Waals surface area contributed by atoms with Crippen LogP contribution in [0.4, 0.5) is 0 Å². The van der Waals surface area contributed by atoms with Gasteiger partial charge in [0.1, 0.15) is 18.7 Å². The van der Waals surface area contributed by atoms with Crippen LogP contribution in [0.3, 0.4) is 0 Å². The quantitative estimate of drug-likeness (QED) is 0.902. The predicted octanol–water partition coefficient (Wildman–Crippen LogP) is 1.23. The van der Waals surface area contributed by atoms with Crippen molar-refractivity contribution in [3.63, 3.8) is 0 Å². The fourth-order valence-electron chi connectivity index (χ4n) is 2.79. The molecule has 1 aliphatic heterocycles. The number of amides is 1. The predicted molar refractivity (Wildman–Crippen MR) is 83.0 cm³/mol. The third-order valence-electron chi connectivity index (χ3n) is 4.08. The minimum Gasteiger partial charge on any atom is -0.350 e. The first-order valence-corrected chi connectivity index (χ1v) is 7.63. The van der Waals surface area contributed by atoms with Gasteiger partial charge in [0, 0.05) is 25.7 Å². The first kappa shape index (κ1) is 14.7. The van der Waals surface area contributed by atoms with Crippen LogP contribution in [0.1, 0.15) is 24.9 Å². The van der Waals surface area contributed by atoms with E-state index in [1.165, 1.54) is 11.9 Å². The number of hydrogen-bond donors (Lipinski definition) is 1.